The van der Waals surface area contributed by atoms with E-state index in [1.165, 1.54) is 6.07 Å². The number of halogens is 2. The molecule has 0 heterocycles. The molecule has 2 rings (SSSR count). The lowest BCUT2D eigenvalue weighted by Crippen LogP contribution is -2.18. The van der Waals surface area contributed by atoms with Crippen molar-refractivity contribution in [3.63, 3.8) is 0 Å². The van der Waals surface area contributed by atoms with Gasteiger partial charge >= 0.3 is 0 Å². The van der Waals surface area contributed by atoms with Gasteiger partial charge in [-0.1, -0.05) is 31.0 Å². The minimum absolute atomic E-state index is 0.141. The minimum Gasteiger partial charge on any atom is -0.205 e. The molecule has 96 valence electrons. The molecular formula is C15H17ClFN. The molecule has 3 heteroatoms. The fourth-order valence-corrected chi connectivity index (χ4v) is 3.05. The summed E-state index contributed by atoms with van der Waals surface area (Å²) in [4.78, 5) is 0. The highest BCUT2D eigenvalue weighted by molar-refractivity contribution is 6.30. The van der Waals surface area contributed by atoms with Crippen molar-refractivity contribution in [2.75, 3.05) is 0 Å². The highest BCUT2D eigenvalue weighted by Gasteiger charge is 2.38. The predicted octanol–water partition coefficient (Wildman–Crippen LogP) is 4.74. The zero-order valence-corrected chi connectivity index (χ0v) is 11.3. The van der Waals surface area contributed by atoms with Crippen LogP contribution in [0.25, 0.3) is 0 Å². The number of rotatable bonds is 3. The second kappa shape index (κ2) is 5.28. The van der Waals surface area contributed by atoms with Crippen molar-refractivity contribution in [2.45, 2.75) is 39.0 Å². The first kappa shape index (κ1) is 13.4. The van der Waals surface area contributed by atoms with Crippen molar-refractivity contribution < 1.29 is 4.39 Å². The molecule has 0 N–H and O–H groups in total. The van der Waals surface area contributed by atoms with Crippen LogP contribution < -0.4 is 0 Å². The predicted molar refractivity (Wildman–Crippen MR) is 70.8 cm³/mol. The van der Waals surface area contributed by atoms with Gasteiger partial charge in [-0.2, -0.15) is 5.26 Å². The van der Waals surface area contributed by atoms with Gasteiger partial charge in [-0.25, -0.2) is 4.39 Å². The van der Waals surface area contributed by atoms with E-state index in [9.17, 15) is 9.65 Å². The van der Waals surface area contributed by atoms with Crippen LogP contribution in [0.15, 0.2) is 18.2 Å². The summed E-state index contributed by atoms with van der Waals surface area (Å²) >= 11 is 5.67. The smallest absolute Gasteiger partial charge is 0.142 e. The summed E-state index contributed by atoms with van der Waals surface area (Å²) < 4.78 is 13.4. The first-order valence-electron chi connectivity index (χ1n) is 6.44. The second-order valence-corrected chi connectivity index (χ2v) is 5.74. The maximum absolute atomic E-state index is 13.4. The van der Waals surface area contributed by atoms with Gasteiger partial charge < -0.3 is 0 Å². The topological polar surface area (TPSA) is 23.8 Å². The van der Waals surface area contributed by atoms with E-state index in [1.54, 1.807) is 6.07 Å². The Hall–Kier alpha value is -1.07. The molecule has 1 fully saturated rings. The summed E-state index contributed by atoms with van der Waals surface area (Å²) in [5, 5.41) is 9.59. The maximum Gasteiger partial charge on any atom is 0.142 e. The number of nitrogens with zero attached hydrogens (tertiary/aromatic N) is 1. The van der Waals surface area contributed by atoms with Crippen LogP contribution in [-0.4, -0.2) is 0 Å². The molecule has 0 spiro atoms. The highest BCUT2D eigenvalue weighted by atomic mass is 35.5. The fourth-order valence-electron chi connectivity index (χ4n) is 2.93. The molecule has 1 nitrogen and oxygen atoms in total. The second-order valence-electron chi connectivity index (χ2n) is 5.33. The van der Waals surface area contributed by atoms with Crippen molar-refractivity contribution >= 4 is 11.6 Å². The Morgan fingerprint density at radius 3 is 2.89 bits per heavy atom. The lowest BCUT2D eigenvalue weighted by atomic mass is 9.80. The van der Waals surface area contributed by atoms with Gasteiger partial charge in [0.1, 0.15) is 5.82 Å². The Morgan fingerprint density at radius 1 is 1.56 bits per heavy atom. The standard InChI is InChI=1S/C15H17ClFN/c1-2-11-5-6-15(8-11,10-18)9-12-3-4-13(16)14(17)7-12/h3-4,7,11H,2,5-6,8-9H2,1H3. The van der Waals surface area contributed by atoms with Crippen LogP contribution in [0.4, 0.5) is 4.39 Å². The molecule has 1 aliphatic rings. The third kappa shape index (κ3) is 2.67. The molecular weight excluding hydrogens is 249 g/mol. The Kier molecular flexibility index (Phi) is 3.92. The van der Waals surface area contributed by atoms with Crippen LogP contribution >= 0.6 is 11.6 Å². The van der Waals surface area contributed by atoms with Crippen LogP contribution in [0, 0.1) is 28.5 Å². The van der Waals surface area contributed by atoms with Crippen LogP contribution in [-0.2, 0) is 6.42 Å². The SMILES string of the molecule is CCC1CCC(C#N)(Cc2ccc(Cl)c(F)c2)C1. The quantitative estimate of drug-likeness (QED) is 0.774. The molecule has 1 saturated carbocycles. The van der Waals surface area contributed by atoms with E-state index in [0.717, 1.165) is 31.2 Å². The lowest BCUT2D eigenvalue weighted by Gasteiger charge is -2.21. The Balaban J connectivity index is 2.16. The number of hydrogen-bond acceptors (Lipinski definition) is 1. The molecule has 0 saturated heterocycles. The fraction of sp³-hybridized carbons (Fsp3) is 0.533. The monoisotopic (exact) mass is 265 g/mol. The highest BCUT2D eigenvalue weighted by Crippen LogP contribution is 2.45. The molecule has 2 atom stereocenters. The van der Waals surface area contributed by atoms with Gasteiger partial charge in [0.2, 0.25) is 0 Å². The van der Waals surface area contributed by atoms with E-state index in [2.05, 4.69) is 13.0 Å². The summed E-state index contributed by atoms with van der Waals surface area (Å²) in [6, 6.07) is 7.32. The van der Waals surface area contributed by atoms with Crippen molar-refractivity contribution in [1.29, 1.82) is 5.26 Å². The Labute approximate surface area is 113 Å². The zero-order valence-electron chi connectivity index (χ0n) is 10.5. The maximum atomic E-state index is 13.4. The van der Waals surface area contributed by atoms with E-state index in [1.807, 2.05) is 6.07 Å². The van der Waals surface area contributed by atoms with E-state index < -0.39 is 5.82 Å². The van der Waals surface area contributed by atoms with Crippen molar-refractivity contribution in [1.82, 2.24) is 0 Å². The molecule has 0 bridgehead atoms. The first-order chi connectivity index (χ1) is 8.58. The lowest BCUT2D eigenvalue weighted by molar-refractivity contribution is 0.380. The summed E-state index contributed by atoms with van der Waals surface area (Å²) in [7, 11) is 0. The summed E-state index contributed by atoms with van der Waals surface area (Å²) in [6.07, 6.45) is 4.73. The minimum atomic E-state index is -0.396. The number of benzene rings is 1. The molecule has 2 unspecified atom stereocenters. The first-order valence-corrected chi connectivity index (χ1v) is 6.81. The van der Waals surface area contributed by atoms with Crippen molar-refractivity contribution in [3.05, 3.63) is 34.6 Å². The molecule has 0 aromatic heterocycles. The number of nitriles is 1. The molecule has 1 aromatic rings. The molecule has 0 radical (unpaired) electrons. The Bertz CT molecular complexity index is 480. The molecule has 0 aliphatic heterocycles. The largest absolute Gasteiger partial charge is 0.205 e. The summed E-state index contributed by atoms with van der Waals surface area (Å²) in [5.74, 6) is 0.245. The zero-order chi connectivity index (χ0) is 13.2. The van der Waals surface area contributed by atoms with Crippen molar-refractivity contribution in [2.24, 2.45) is 11.3 Å². The van der Waals surface area contributed by atoms with E-state index in [-0.39, 0.29) is 10.4 Å². The number of hydrogen-bond donors (Lipinski definition) is 0. The summed E-state index contributed by atoms with van der Waals surface area (Å²) in [5.41, 5.74) is 0.566. The molecule has 1 aromatic carbocycles. The van der Waals surface area contributed by atoms with E-state index in [4.69, 9.17) is 11.6 Å². The van der Waals surface area contributed by atoms with Crippen LogP contribution in [0.3, 0.4) is 0 Å². The van der Waals surface area contributed by atoms with Gasteiger partial charge in [0, 0.05) is 0 Å². The average Bonchev–Trinajstić information content (AvgIpc) is 2.78. The van der Waals surface area contributed by atoms with Crippen LogP contribution in [0.2, 0.25) is 5.02 Å². The van der Waals surface area contributed by atoms with Gasteiger partial charge in [0.15, 0.2) is 0 Å². The third-order valence-electron chi connectivity index (χ3n) is 4.05. The van der Waals surface area contributed by atoms with Gasteiger partial charge in [-0.05, 0) is 49.3 Å². The molecule has 18 heavy (non-hydrogen) atoms. The third-order valence-corrected chi connectivity index (χ3v) is 4.36. The van der Waals surface area contributed by atoms with E-state index in [0.29, 0.717) is 12.3 Å². The molecule has 1 aliphatic carbocycles. The average molecular weight is 266 g/mol. The van der Waals surface area contributed by atoms with Gasteiger partial charge in [0.25, 0.3) is 0 Å². The Morgan fingerprint density at radius 2 is 2.33 bits per heavy atom. The van der Waals surface area contributed by atoms with E-state index >= 15 is 0 Å². The van der Waals surface area contributed by atoms with Crippen LogP contribution in [0.1, 0.15) is 38.2 Å². The normalized spacial score (nSPS) is 27.1. The van der Waals surface area contributed by atoms with Crippen LogP contribution in [0.5, 0.6) is 0 Å². The van der Waals surface area contributed by atoms with Gasteiger partial charge in [0.05, 0.1) is 16.5 Å². The van der Waals surface area contributed by atoms with Gasteiger partial charge in [-0.3, -0.25) is 0 Å². The van der Waals surface area contributed by atoms with Gasteiger partial charge in [-0.15, -0.1) is 0 Å². The summed E-state index contributed by atoms with van der Waals surface area (Å²) in [6.45, 7) is 2.17. The van der Waals surface area contributed by atoms with Crippen molar-refractivity contribution in [3.8, 4) is 6.07 Å². The molecule has 0 amide bonds.